The largest absolute Gasteiger partial charge is 0.422 e. The van der Waals surface area contributed by atoms with Crippen LogP contribution in [-0.2, 0) is 0 Å². The summed E-state index contributed by atoms with van der Waals surface area (Å²) in [5.41, 5.74) is 1.46. The molecule has 8 aromatic carbocycles. The molecule has 12 aromatic rings. The van der Waals surface area contributed by atoms with E-state index in [4.69, 9.17) is 17.7 Å². The van der Waals surface area contributed by atoms with Crippen LogP contribution in [0, 0.1) is 0 Å². The molecule has 12 rings (SSSR count). The molecule has 8 nitrogen and oxygen atoms in total. The van der Waals surface area contributed by atoms with Gasteiger partial charge in [0.2, 0.25) is 0 Å². The summed E-state index contributed by atoms with van der Waals surface area (Å²) >= 11 is 0. The van der Waals surface area contributed by atoms with E-state index >= 15 is 0 Å². The van der Waals surface area contributed by atoms with Crippen LogP contribution in [0.25, 0.3) is 87.0 Å². The summed E-state index contributed by atoms with van der Waals surface area (Å²) in [5.74, 6) is 0. The van der Waals surface area contributed by atoms with Crippen LogP contribution in [0.5, 0.6) is 0 Å². The molecule has 0 aliphatic rings. The highest BCUT2D eigenvalue weighted by atomic mass is 16.4. The van der Waals surface area contributed by atoms with Gasteiger partial charge in [-0.05, 0) is 70.1 Å². The van der Waals surface area contributed by atoms with Gasteiger partial charge in [-0.3, -0.25) is 0 Å². The minimum atomic E-state index is -0.274. The van der Waals surface area contributed by atoms with Crippen LogP contribution in [0.4, 0.5) is 0 Å². The first-order valence-electron chi connectivity index (χ1n) is 19.1. The summed E-state index contributed by atoms with van der Waals surface area (Å²) in [6, 6.07) is 60.2. The van der Waals surface area contributed by atoms with Gasteiger partial charge in [0.15, 0.2) is 0 Å². The van der Waals surface area contributed by atoms with Crippen LogP contribution in [0.1, 0.15) is 0 Å². The van der Waals surface area contributed by atoms with E-state index in [9.17, 15) is 19.2 Å². The molecular weight excluding hydrogens is 753 g/mol. The third-order valence-corrected chi connectivity index (χ3v) is 10.1. The molecule has 0 amide bonds. The number of rotatable bonds is 0. The molecule has 0 N–H and O–H groups in total. The minimum absolute atomic E-state index is 0.274. The Hall–Kier alpha value is -8.36. The topological polar surface area (TPSA) is 121 Å². The second-order valence-corrected chi connectivity index (χ2v) is 13.7. The highest BCUT2D eigenvalue weighted by Gasteiger charge is 2.08. The van der Waals surface area contributed by atoms with Crippen LogP contribution < -0.4 is 22.5 Å². The SMILES string of the molecule is O=c1oc2ccccc2c2ccccc12.O=c1oc2ccccc2c2ccccc12.O=c1oc2ccccc2c2ccccc12.O=c1oc2ccccc2c2ccccc12. The van der Waals surface area contributed by atoms with Crippen molar-refractivity contribution in [2.24, 2.45) is 0 Å². The average molecular weight is 785 g/mol. The summed E-state index contributed by atoms with van der Waals surface area (Å²) < 4.78 is 20.9. The molecule has 0 spiro atoms. The van der Waals surface area contributed by atoms with E-state index in [1.165, 1.54) is 0 Å². The fourth-order valence-corrected chi connectivity index (χ4v) is 7.32. The number of benzene rings is 8. The Bertz CT molecular complexity index is 3280. The lowest BCUT2D eigenvalue weighted by molar-refractivity contribution is 0.569. The van der Waals surface area contributed by atoms with Gasteiger partial charge in [-0.1, -0.05) is 146 Å². The summed E-state index contributed by atoms with van der Waals surface area (Å²) in [5, 5.41) is 10.3. The molecule has 0 saturated heterocycles. The summed E-state index contributed by atoms with van der Waals surface area (Å²) in [6.07, 6.45) is 0. The molecule has 8 heteroatoms. The van der Waals surface area contributed by atoms with E-state index in [2.05, 4.69) is 0 Å². The van der Waals surface area contributed by atoms with Crippen molar-refractivity contribution in [3.63, 3.8) is 0 Å². The highest BCUT2D eigenvalue weighted by Crippen LogP contribution is 2.25. The lowest BCUT2D eigenvalue weighted by Gasteiger charge is -2.00. The number of hydrogen-bond donors (Lipinski definition) is 0. The molecular formula is C52H32O8. The maximum Gasteiger partial charge on any atom is 0.344 e. The van der Waals surface area contributed by atoms with Gasteiger partial charge in [0.05, 0.1) is 21.5 Å². The molecule has 0 fully saturated rings. The Kier molecular flexibility index (Phi) is 10.1. The van der Waals surface area contributed by atoms with Crippen molar-refractivity contribution in [3.05, 3.63) is 236 Å². The van der Waals surface area contributed by atoms with Crippen LogP contribution in [-0.4, -0.2) is 0 Å². The molecule has 4 aromatic heterocycles. The number of hydrogen-bond acceptors (Lipinski definition) is 8. The standard InChI is InChI=1S/4C13H8O2/c4*14-13-11-7-2-1-5-9(11)10-6-3-4-8-12(10)15-13/h4*1-8H. The quantitative estimate of drug-likeness (QED) is 0.110. The highest BCUT2D eigenvalue weighted by molar-refractivity contribution is 6.06. The first-order chi connectivity index (χ1) is 29.4. The lowest BCUT2D eigenvalue weighted by Crippen LogP contribution is -1.98. The fourth-order valence-electron chi connectivity index (χ4n) is 7.32. The van der Waals surface area contributed by atoms with Crippen molar-refractivity contribution >= 4 is 87.0 Å². The molecule has 0 bridgehead atoms. The molecule has 0 atom stereocenters. The first-order valence-corrected chi connectivity index (χ1v) is 19.1. The van der Waals surface area contributed by atoms with Crippen molar-refractivity contribution in [2.75, 3.05) is 0 Å². The van der Waals surface area contributed by atoms with Gasteiger partial charge in [0.25, 0.3) is 0 Å². The Labute approximate surface area is 339 Å². The van der Waals surface area contributed by atoms with E-state index < -0.39 is 0 Å². The fraction of sp³-hybridized carbons (Fsp3) is 0. The molecule has 0 unspecified atom stereocenters. The smallest absolute Gasteiger partial charge is 0.344 e. The Morgan fingerprint density at radius 2 is 0.333 bits per heavy atom. The zero-order valence-corrected chi connectivity index (χ0v) is 31.7. The second kappa shape index (κ2) is 16.2. The van der Waals surface area contributed by atoms with Gasteiger partial charge < -0.3 is 17.7 Å². The Balaban J connectivity index is 0.000000103. The predicted molar refractivity (Wildman–Crippen MR) is 240 cm³/mol. The van der Waals surface area contributed by atoms with Crippen LogP contribution in [0.2, 0.25) is 0 Å². The zero-order valence-electron chi connectivity index (χ0n) is 31.7. The molecule has 288 valence electrons. The third-order valence-electron chi connectivity index (χ3n) is 10.1. The summed E-state index contributed by atoms with van der Waals surface area (Å²) in [4.78, 5) is 46.5. The normalized spacial score (nSPS) is 10.9. The van der Waals surface area contributed by atoms with Crippen molar-refractivity contribution in [3.8, 4) is 0 Å². The Morgan fingerprint density at radius 3 is 0.533 bits per heavy atom. The van der Waals surface area contributed by atoms with Crippen molar-refractivity contribution in [1.29, 1.82) is 0 Å². The molecule has 60 heavy (non-hydrogen) atoms. The molecule has 0 radical (unpaired) electrons. The first kappa shape index (κ1) is 37.2. The average Bonchev–Trinajstić information content (AvgIpc) is 3.30. The molecule has 0 saturated carbocycles. The summed E-state index contributed by atoms with van der Waals surface area (Å²) in [6.45, 7) is 0. The van der Waals surface area contributed by atoms with Crippen LogP contribution >= 0.6 is 0 Å². The number of para-hydroxylation sites is 4. The van der Waals surface area contributed by atoms with Gasteiger partial charge >= 0.3 is 22.5 Å². The predicted octanol–water partition coefficient (Wildman–Crippen LogP) is 11.8. The van der Waals surface area contributed by atoms with Crippen molar-refractivity contribution < 1.29 is 17.7 Å². The van der Waals surface area contributed by atoms with Crippen molar-refractivity contribution in [2.45, 2.75) is 0 Å². The van der Waals surface area contributed by atoms with Gasteiger partial charge in [0, 0.05) is 21.5 Å². The Morgan fingerprint density at radius 1 is 0.183 bits per heavy atom. The maximum atomic E-state index is 11.6. The van der Waals surface area contributed by atoms with E-state index in [1.807, 2.05) is 170 Å². The molecule has 0 aliphatic carbocycles. The van der Waals surface area contributed by atoms with Gasteiger partial charge in [-0.15, -0.1) is 0 Å². The number of fused-ring (bicyclic) bond motifs is 12. The lowest BCUT2D eigenvalue weighted by atomic mass is 10.1. The van der Waals surface area contributed by atoms with E-state index in [-0.39, 0.29) is 22.5 Å². The van der Waals surface area contributed by atoms with E-state index in [0.29, 0.717) is 43.9 Å². The molecule has 0 aliphatic heterocycles. The zero-order chi connectivity index (χ0) is 41.0. The van der Waals surface area contributed by atoms with E-state index in [1.54, 1.807) is 24.3 Å². The second-order valence-electron chi connectivity index (χ2n) is 13.7. The maximum absolute atomic E-state index is 11.6. The minimum Gasteiger partial charge on any atom is -0.422 e. The monoisotopic (exact) mass is 784 g/mol. The van der Waals surface area contributed by atoms with Crippen LogP contribution in [0.3, 0.4) is 0 Å². The van der Waals surface area contributed by atoms with Gasteiger partial charge in [-0.2, -0.15) is 0 Å². The van der Waals surface area contributed by atoms with Crippen molar-refractivity contribution in [1.82, 2.24) is 0 Å². The third kappa shape index (κ3) is 7.21. The van der Waals surface area contributed by atoms with E-state index in [0.717, 1.165) is 43.1 Å². The molecule has 4 heterocycles. The summed E-state index contributed by atoms with van der Waals surface area (Å²) in [7, 11) is 0. The van der Waals surface area contributed by atoms with Gasteiger partial charge in [-0.25, -0.2) is 19.2 Å². The van der Waals surface area contributed by atoms with Crippen LogP contribution in [0.15, 0.2) is 231 Å². The van der Waals surface area contributed by atoms with Gasteiger partial charge in [0.1, 0.15) is 22.3 Å².